The van der Waals surface area contributed by atoms with Crippen molar-refractivity contribution in [1.29, 1.82) is 0 Å². The molecule has 1 fully saturated rings. The summed E-state index contributed by atoms with van der Waals surface area (Å²) in [6, 6.07) is 5.89. The maximum absolute atomic E-state index is 15.1. The van der Waals surface area contributed by atoms with Gasteiger partial charge in [-0.1, -0.05) is 0 Å². The SMILES string of the molecule is Cc1nc2c(=O)c(-c3cc4cc([C@H]5CCOC5)ncc4s3)nn(-c3ccc(C(F)(F)F)cc3F)c2nc1C. The van der Waals surface area contributed by atoms with Gasteiger partial charge in [0.1, 0.15) is 11.5 Å². The van der Waals surface area contributed by atoms with Gasteiger partial charge in [0.05, 0.1) is 33.1 Å². The predicted molar refractivity (Wildman–Crippen MR) is 134 cm³/mol. The van der Waals surface area contributed by atoms with Crippen LogP contribution in [0.15, 0.2) is 41.3 Å². The minimum absolute atomic E-state index is 0.0127. The molecule has 4 aromatic heterocycles. The second kappa shape index (κ2) is 8.91. The summed E-state index contributed by atoms with van der Waals surface area (Å²) in [7, 11) is 0. The molecule has 6 rings (SSSR count). The predicted octanol–water partition coefficient (Wildman–Crippen LogP) is 5.73. The van der Waals surface area contributed by atoms with E-state index in [4.69, 9.17) is 4.74 Å². The van der Waals surface area contributed by atoms with Crippen LogP contribution in [0.3, 0.4) is 0 Å². The normalized spacial score (nSPS) is 16.1. The molecule has 1 aliphatic heterocycles. The molecule has 0 radical (unpaired) electrons. The number of fused-ring (bicyclic) bond motifs is 2. The molecule has 0 unspecified atom stereocenters. The van der Waals surface area contributed by atoms with Crippen LogP contribution in [0.4, 0.5) is 17.6 Å². The van der Waals surface area contributed by atoms with Gasteiger partial charge >= 0.3 is 6.18 Å². The van der Waals surface area contributed by atoms with E-state index in [-0.39, 0.29) is 28.5 Å². The molecule has 0 bridgehead atoms. The zero-order valence-corrected chi connectivity index (χ0v) is 21.0. The van der Waals surface area contributed by atoms with Crippen LogP contribution in [0.25, 0.3) is 37.5 Å². The van der Waals surface area contributed by atoms with E-state index in [1.807, 2.05) is 6.07 Å². The van der Waals surface area contributed by atoms with Crippen molar-refractivity contribution in [3.8, 4) is 16.3 Å². The summed E-state index contributed by atoms with van der Waals surface area (Å²) >= 11 is 1.29. The number of rotatable bonds is 3. The number of halogens is 4. The molecule has 0 spiro atoms. The van der Waals surface area contributed by atoms with Gasteiger partial charge in [-0.15, -0.1) is 11.3 Å². The van der Waals surface area contributed by atoms with Gasteiger partial charge in [0, 0.05) is 24.4 Å². The number of benzene rings is 1. The number of nitrogens with zero attached hydrogens (tertiary/aromatic N) is 5. The van der Waals surface area contributed by atoms with E-state index in [9.17, 15) is 18.0 Å². The quantitative estimate of drug-likeness (QED) is 0.271. The van der Waals surface area contributed by atoms with Crippen molar-refractivity contribution in [1.82, 2.24) is 24.7 Å². The van der Waals surface area contributed by atoms with Gasteiger partial charge in [-0.05, 0) is 56.0 Å². The molecule has 38 heavy (non-hydrogen) atoms. The van der Waals surface area contributed by atoms with Crippen LogP contribution >= 0.6 is 11.3 Å². The number of hydrogen-bond donors (Lipinski definition) is 0. The average molecular weight is 542 g/mol. The number of ether oxygens (including phenoxy) is 1. The number of hydrogen-bond acceptors (Lipinski definition) is 7. The van der Waals surface area contributed by atoms with Crippen LogP contribution < -0.4 is 5.43 Å². The Hall–Kier alpha value is -3.77. The Morgan fingerprint density at radius 1 is 1.11 bits per heavy atom. The first-order valence-corrected chi connectivity index (χ1v) is 12.5. The lowest BCUT2D eigenvalue weighted by Gasteiger charge is -2.14. The van der Waals surface area contributed by atoms with Crippen LogP contribution in [0.5, 0.6) is 0 Å². The number of alkyl halides is 3. The zero-order chi connectivity index (χ0) is 26.8. The molecule has 194 valence electrons. The fraction of sp³-hybridized carbons (Fsp3) is 0.269. The maximum atomic E-state index is 15.1. The van der Waals surface area contributed by atoms with Crippen molar-refractivity contribution in [2.45, 2.75) is 32.4 Å². The van der Waals surface area contributed by atoms with E-state index in [0.29, 0.717) is 35.5 Å². The summed E-state index contributed by atoms with van der Waals surface area (Å²) in [4.78, 5) is 27.4. The molecule has 5 aromatic rings. The fourth-order valence-electron chi connectivity index (χ4n) is 4.45. The number of thiophene rings is 1. The van der Waals surface area contributed by atoms with Crippen LogP contribution in [-0.4, -0.2) is 37.9 Å². The zero-order valence-electron chi connectivity index (χ0n) is 20.1. The summed E-state index contributed by atoms with van der Waals surface area (Å²) in [6.07, 6.45) is -2.10. The Labute approximate surface area is 216 Å². The fourth-order valence-corrected chi connectivity index (χ4v) is 5.44. The number of aryl methyl sites for hydroxylation is 2. The lowest BCUT2D eigenvalue weighted by molar-refractivity contribution is -0.137. The molecule has 12 heteroatoms. The smallest absolute Gasteiger partial charge is 0.381 e. The second-order valence-corrected chi connectivity index (χ2v) is 10.2. The van der Waals surface area contributed by atoms with Gasteiger partial charge < -0.3 is 4.74 Å². The Bertz CT molecular complexity index is 1790. The molecule has 7 nitrogen and oxygen atoms in total. The molecule has 5 heterocycles. The molecule has 0 amide bonds. The first kappa shape index (κ1) is 24.6. The van der Waals surface area contributed by atoms with Gasteiger partial charge in [-0.2, -0.15) is 18.3 Å². The standard InChI is InChI=1S/C26H19F4N5O2S/c1-12-13(2)33-25-23(32-12)24(36)22(34-35(25)19-4-3-16(9-17(19)27)26(28,29)30)20-8-15-7-18(14-5-6-37-11-14)31-10-21(15)38-20/h3-4,7-10,14H,5-6,11H2,1-2H3/t14-/m0/s1. The van der Waals surface area contributed by atoms with Gasteiger partial charge in [0.2, 0.25) is 5.43 Å². The minimum Gasteiger partial charge on any atom is -0.381 e. The Kier molecular flexibility index (Phi) is 5.76. The third-order valence-electron chi connectivity index (χ3n) is 6.63. The third-order valence-corrected chi connectivity index (χ3v) is 7.72. The van der Waals surface area contributed by atoms with Crippen molar-refractivity contribution >= 4 is 32.6 Å². The van der Waals surface area contributed by atoms with Crippen molar-refractivity contribution < 1.29 is 22.3 Å². The van der Waals surface area contributed by atoms with Gasteiger partial charge in [0.25, 0.3) is 0 Å². The van der Waals surface area contributed by atoms with Crippen molar-refractivity contribution in [3.63, 3.8) is 0 Å². The third kappa shape index (κ3) is 4.13. The summed E-state index contributed by atoms with van der Waals surface area (Å²) in [6.45, 7) is 4.63. The van der Waals surface area contributed by atoms with Crippen molar-refractivity contribution in [2.24, 2.45) is 0 Å². The van der Waals surface area contributed by atoms with Crippen LogP contribution in [0.2, 0.25) is 0 Å². The lowest BCUT2D eigenvalue weighted by atomic mass is 10.0. The summed E-state index contributed by atoms with van der Waals surface area (Å²) in [5.41, 5.74) is -0.185. The molecule has 1 saturated heterocycles. The Morgan fingerprint density at radius 3 is 2.61 bits per heavy atom. The molecule has 0 saturated carbocycles. The lowest BCUT2D eigenvalue weighted by Crippen LogP contribution is -2.19. The molecule has 0 aliphatic carbocycles. The molecule has 1 atom stereocenters. The highest BCUT2D eigenvalue weighted by molar-refractivity contribution is 7.22. The van der Waals surface area contributed by atoms with Gasteiger partial charge in [-0.3, -0.25) is 9.78 Å². The highest BCUT2D eigenvalue weighted by atomic mass is 32.1. The van der Waals surface area contributed by atoms with Gasteiger partial charge in [0.15, 0.2) is 16.9 Å². The topological polar surface area (TPSA) is 82.8 Å². The highest BCUT2D eigenvalue weighted by Gasteiger charge is 2.32. The molecule has 1 aliphatic rings. The molecular weight excluding hydrogens is 522 g/mol. The molecular formula is C26H19F4N5O2S. The van der Waals surface area contributed by atoms with E-state index >= 15 is 4.39 Å². The first-order valence-electron chi connectivity index (χ1n) is 11.7. The largest absolute Gasteiger partial charge is 0.416 e. The maximum Gasteiger partial charge on any atom is 0.416 e. The van der Waals surface area contributed by atoms with E-state index in [2.05, 4.69) is 20.1 Å². The number of aromatic nitrogens is 5. The average Bonchev–Trinajstić information content (AvgIpc) is 3.55. The Morgan fingerprint density at radius 2 is 1.89 bits per heavy atom. The van der Waals surface area contributed by atoms with Crippen molar-refractivity contribution in [2.75, 3.05) is 13.2 Å². The van der Waals surface area contributed by atoms with Crippen molar-refractivity contribution in [3.05, 3.63) is 75.2 Å². The monoisotopic (exact) mass is 541 g/mol. The highest BCUT2D eigenvalue weighted by Crippen LogP contribution is 2.35. The van der Waals surface area contributed by atoms with E-state index in [1.54, 1.807) is 26.1 Å². The van der Waals surface area contributed by atoms with E-state index in [0.717, 1.165) is 39.0 Å². The van der Waals surface area contributed by atoms with Gasteiger partial charge in [-0.25, -0.2) is 19.0 Å². The van der Waals surface area contributed by atoms with Crippen LogP contribution in [0, 0.1) is 19.7 Å². The molecule has 1 aromatic carbocycles. The van der Waals surface area contributed by atoms with Crippen LogP contribution in [-0.2, 0) is 10.9 Å². The summed E-state index contributed by atoms with van der Waals surface area (Å²) in [5, 5.41) is 5.27. The van der Waals surface area contributed by atoms with E-state index in [1.165, 1.54) is 11.3 Å². The first-order chi connectivity index (χ1) is 18.1. The Balaban J connectivity index is 1.57. The summed E-state index contributed by atoms with van der Waals surface area (Å²) in [5.74, 6) is -0.963. The van der Waals surface area contributed by atoms with Crippen LogP contribution in [0.1, 0.15) is 35.0 Å². The molecule has 0 N–H and O–H groups in total. The number of pyridine rings is 1. The second-order valence-electron chi connectivity index (χ2n) is 9.14. The summed E-state index contributed by atoms with van der Waals surface area (Å²) < 4.78 is 61.9. The van der Waals surface area contributed by atoms with E-state index < -0.39 is 23.0 Å². The minimum atomic E-state index is -4.72.